The van der Waals surface area contributed by atoms with Crippen molar-refractivity contribution in [3.05, 3.63) is 37.3 Å². The van der Waals surface area contributed by atoms with Crippen molar-refractivity contribution in [3.8, 4) is 0 Å². The number of rotatable bonds is 8. The van der Waals surface area contributed by atoms with Gasteiger partial charge in [0.1, 0.15) is 11.5 Å². The third kappa shape index (κ3) is 4.43. The second-order valence-corrected chi connectivity index (χ2v) is 7.22. The molecule has 30 heavy (non-hydrogen) atoms. The van der Waals surface area contributed by atoms with Crippen molar-refractivity contribution in [1.82, 2.24) is 29.6 Å². The fourth-order valence-electron chi connectivity index (χ4n) is 3.59. The molecule has 158 valence electrons. The quantitative estimate of drug-likeness (QED) is 0.488. The summed E-state index contributed by atoms with van der Waals surface area (Å²) in [4.78, 5) is 26.2. The van der Waals surface area contributed by atoms with Crippen molar-refractivity contribution in [3.63, 3.8) is 0 Å². The van der Waals surface area contributed by atoms with E-state index in [0.29, 0.717) is 25.6 Å². The first-order chi connectivity index (χ1) is 14.7. The number of hydrogen-bond donors (Lipinski definition) is 3. The number of piperidine rings is 1. The molecule has 0 aliphatic carbocycles. The zero-order chi connectivity index (χ0) is 20.9. The summed E-state index contributed by atoms with van der Waals surface area (Å²) < 4.78 is 6.88. The van der Waals surface area contributed by atoms with Gasteiger partial charge in [-0.2, -0.15) is 15.1 Å². The van der Waals surface area contributed by atoms with E-state index in [0.717, 1.165) is 41.9 Å². The molecule has 10 nitrogen and oxygen atoms in total. The number of ether oxygens (including phenoxy) is 1. The summed E-state index contributed by atoms with van der Waals surface area (Å²) in [6.45, 7) is 6.23. The van der Waals surface area contributed by atoms with Crippen molar-refractivity contribution in [2.75, 3.05) is 37.4 Å². The topological polar surface area (TPSA) is 113 Å². The highest BCUT2D eigenvalue weighted by Crippen LogP contribution is 2.25. The molecule has 3 N–H and O–H groups in total. The zero-order valence-electron chi connectivity index (χ0n) is 17.0. The Labute approximate surface area is 174 Å². The maximum Gasteiger partial charge on any atom is 0.246 e. The average molecular weight is 410 g/mol. The maximum absolute atomic E-state index is 12.0. The fraction of sp³-hybridized carbons (Fsp3) is 0.400. The lowest BCUT2D eigenvalue weighted by Crippen LogP contribution is -2.44. The average Bonchev–Trinajstić information content (AvgIpc) is 3.41. The lowest BCUT2D eigenvalue weighted by Gasteiger charge is -2.33. The van der Waals surface area contributed by atoms with Gasteiger partial charge < -0.3 is 25.3 Å². The third-order valence-corrected chi connectivity index (χ3v) is 5.08. The number of likely N-dealkylation sites (tertiary alicyclic amines) is 1. The smallest absolute Gasteiger partial charge is 0.246 e. The van der Waals surface area contributed by atoms with E-state index in [1.54, 1.807) is 18.0 Å². The second-order valence-electron chi connectivity index (χ2n) is 7.22. The van der Waals surface area contributed by atoms with Crippen LogP contribution < -0.4 is 10.6 Å². The lowest BCUT2D eigenvalue weighted by atomic mass is 10.1. The van der Waals surface area contributed by atoms with Crippen LogP contribution in [0.25, 0.3) is 11.0 Å². The summed E-state index contributed by atoms with van der Waals surface area (Å²) in [5.74, 6) is 1.16. The molecule has 4 rings (SSSR count). The lowest BCUT2D eigenvalue weighted by molar-refractivity contribution is -0.127. The number of carbonyl (C=O) groups excluding carboxylic acids is 1. The van der Waals surface area contributed by atoms with Gasteiger partial charge in [0.25, 0.3) is 0 Å². The van der Waals surface area contributed by atoms with Gasteiger partial charge in [-0.1, -0.05) is 6.58 Å². The van der Waals surface area contributed by atoms with Crippen LogP contribution in [0.5, 0.6) is 0 Å². The number of aromatic amines is 1. The van der Waals surface area contributed by atoms with Gasteiger partial charge in [-0.15, -0.1) is 0 Å². The fourth-order valence-corrected chi connectivity index (χ4v) is 3.59. The summed E-state index contributed by atoms with van der Waals surface area (Å²) in [7, 11) is 1.66. The Morgan fingerprint density at radius 2 is 2.37 bits per heavy atom. The van der Waals surface area contributed by atoms with Crippen LogP contribution in [-0.2, 0) is 16.1 Å². The number of hydrogen-bond acceptors (Lipinski definition) is 7. The van der Waals surface area contributed by atoms with E-state index in [9.17, 15) is 4.79 Å². The number of aromatic nitrogens is 5. The summed E-state index contributed by atoms with van der Waals surface area (Å²) in [6, 6.07) is 2.06. The van der Waals surface area contributed by atoms with E-state index >= 15 is 0 Å². The molecule has 0 saturated carbocycles. The molecule has 1 atom stereocenters. The van der Waals surface area contributed by atoms with Crippen LogP contribution in [0.15, 0.2) is 37.3 Å². The summed E-state index contributed by atoms with van der Waals surface area (Å²) in [5, 5.41) is 11.9. The van der Waals surface area contributed by atoms with Gasteiger partial charge in [-0.05, 0) is 25.0 Å². The molecule has 0 bridgehead atoms. The Kier molecular flexibility index (Phi) is 5.94. The molecule has 1 amide bonds. The first-order valence-corrected chi connectivity index (χ1v) is 9.97. The van der Waals surface area contributed by atoms with Crippen LogP contribution in [0.3, 0.4) is 0 Å². The summed E-state index contributed by atoms with van der Waals surface area (Å²) in [5.41, 5.74) is 1.53. The van der Waals surface area contributed by atoms with Gasteiger partial charge in [-0.3, -0.25) is 9.48 Å². The Balaban J connectivity index is 1.52. The molecular formula is C20H26N8O2. The number of nitrogens with zero attached hydrogens (tertiary/aromatic N) is 5. The highest BCUT2D eigenvalue weighted by molar-refractivity contribution is 5.89. The minimum atomic E-state index is -0.0381. The van der Waals surface area contributed by atoms with Crippen molar-refractivity contribution >= 4 is 34.4 Å². The van der Waals surface area contributed by atoms with Gasteiger partial charge in [-0.25, -0.2) is 0 Å². The Bertz CT molecular complexity index is 1030. The van der Waals surface area contributed by atoms with Gasteiger partial charge >= 0.3 is 0 Å². The first-order valence-electron chi connectivity index (χ1n) is 9.97. The normalized spacial score (nSPS) is 16.6. The van der Waals surface area contributed by atoms with Gasteiger partial charge in [0.05, 0.1) is 30.4 Å². The molecule has 0 radical (unpaired) electrons. The molecule has 1 aliphatic heterocycles. The second kappa shape index (κ2) is 8.95. The molecule has 10 heteroatoms. The number of nitrogens with one attached hydrogen (secondary N) is 3. The number of anilines is 3. The van der Waals surface area contributed by atoms with Crippen LogP contribution in [0.2, 0.25) is 0 Å². The van der Waals surface area contributed by atoms with E-state index in [4.69, 9.17) is 4.74 Å². The first kappa shape index (κ1) is 19.9. The van der Waals surface area contributed by atoms with Crippen molar-refractivity contribution in [1.29, 1.82) is 0 Å². The Hall–Kier alpha value is -3.40. The molecule has 0 spiro atoms. The molecule has 0 aromatic carbocycles. The van der Waals surface area contributed by atoms with E-state index < -0.39 is 0 Å². The number of amides is 1. The van der Waals surface area contributed by atoms with Crippen molar-refractivity contribution in [2.45, 2.75) is 25.4 Å². The van der Waals surface area contributed by atoms with Crippen LogP contribution in [0.1, 0.15) is 12.8 Å². The Morgan fingerprint density at radius 1 is 1.47 bits per heavy atom. The highest BCUT2D eigenvalue weighted by Gasteiger charge is 2.23. The highest BCUT2D eigenvalue weighted by atomic mass is 16.5. The van der Waals surface area contributed by atoms with Crippen LogP contribution in [0.4, 0.5) is 17.5 Å². The molecule has 1 saturated heterocycles. The molecule has 1 aliphatic rings. The minimum Gasteiger partial charge on any atom is -0.383 e. The molecule has 3 aromatic rings. The third-order valence-electron chi connectivity index (χ3n) is 5.08. The maximum atomic E-state index is 12.0. The number of H-pyrrole nitrogens is 1. The van der Waals surface area contributed by atoms with Crippen LogP contribution in [0, 0.1) is 0 Å². The van der Waals surface area contributed by atoms with E-state index in [1.165, 1.54) is 6.08 Å². The molecule has 0 unspecified atom stereocenters. The number of carbonyl (C=O) groups is 1. The van der Waals surface area contributed by atoms with E-state index in [-0.39, 0.29) is 11.9 Å². The number of methoxy groups -OCH3 is 1. The monoisotopic (exact) mass is 410 g/mol. The zero-order valence-corrected chi connectivity index (χ0v) is 17.0. The van der Waals surface area contributed by atoms with Gasteiger partial charge in [0.2, 0.25) is 11.9 Å². The molecular weight excluding hydrogens is 384 g/mol. The van der Waals surface area contributed by atoms with Gasteiger partial charge in [0, 0.05) is 38.6 Å². The van der Waals surface area contributed by atoms with E-state index in [1.807, 2.05) is 23.4 Å². The van der Waals surface area contributed by atoms with Crippen LogP contribution in [-0.4, -0.2) is 68.4 Å². The predicted molar refractivity (Wildman–Crippen MR) is 115 cm³/mol. The largest absolute Gasteiger partial charge is 0.383 e. The summed E-state index contributed by atoms with van der Waals surface area (Å²) in [6.07, 6.45) is 8.72. The van der Waals surface area contributed by atoms with Crippen LogP contribution >= 0.6 is 0 Å². The van der Waals surface area contributed by atoms with Gasteiger partial charge in [0.15, 0.2) is 0 Å². The number of fused-ring (bicyclic) bond motifs is 1. The summed E-state index contributed by atoms with van der Waals surface area (Å²) >= 11 is 0. The standard InChI is InChI=1S/C20H26N8O2/c1-3-17(29)27-8-4-5-14(12-27)23-19-16-6-7-21-18(16)25-20(26-19)24-15-11-22-28(13-15)9-10-30-2/h3,6-7,11,13-14H,1,4-5,8-10,12H2,2H3,(H3,21,23,24,25,26)/t14-/m1/s1. The minimum absolute atomic E-state index is 0.0381. The molecule has 3 aromatic heterocycles. The molecule has 1 fully saturated rings. The van der Waals surface area contributed by atoms with Crippen molar-refractivity contribution < 1.29 is 9.53 Å². The van der Waals surface area contributed by atoms with Crippen molar-refractivity contribution in [2.24, 2.45) is 0 Å². The SMILES string of the molecule is C=CC(=O)N1CCC[C@@H](Nc2nc(Nc3cnn(CCOC)c3)nc3[nH]ccc23)C1. The molecule has 4 heterocycles. The predicted octanol–water partition coefficient (Wildman–Crippen LogP) is 2.13. The van der Waals surface area contributed by atoms with E-state index in [2.05, 4.69) is 37.3 Å². The Morgan fingerprint density at radius 3 is 3.20 bits per heavy atom.